The topological polar surface area (TPSA) is 57.3 Å². The molecule has 0 aromatic rings. The molecule has 0 atom stereocenters. The van der Waals surface area contributed by atoms with Gasteiger partial charge in [-0.05, 0) is 0 Å². The Labute approximate surface area is 74.9 Å². The van der Waals surface area contributed by atoms with E-state index in [1.54, 1.807) is 0 Å². The molecule has 0 aromatic heterocycles. The fourth-order valence-electron chi connectivity index (χ4n) is 1.01. The highest BCUT2D eigenvalue weighted by Gasteiger charge is 2.21. The molecule has 0 unspecified atom stereocenters. The summed E-state index contributed by atoms with van der Waals surface area (Å²) in [6, 6.07) is 0. The molecular formula is C7H10NO3S. The van der Waals surface area contributed by atoms with Crippen molar-refractivity contribution in [3.63, 3.8) is 0 Å². The van der Waals surface area contributed by atoms with Gasteiger partial charge in [-0.25, -0.2) is 5.11 Å². The summed E-state index contributed by atoms with van der Waals surface area (Å²) < 4.78 is 0. The highest BCUT2D eigenvalue weighted by molar-refractivity contribution is 8.13. The molecule has 1 aliphatic rings. The zero-order valence-electron chi connectivity index (χ0n) is 6.62. The lowest BCUT2D eigenvalue weighted by Gasteiger charge is -2.24. The summed E-state index contributed by atoms with van der Waals surface area (Å²) in [4.78, 5) is 23.4. The number of amides is 1. The Morgan fingerprint density at radius 3 is 2.92 bits per heavy atom. The van der Waals surface area contributed by atoms with Crippen LogP contribution < -0.4 is 0 Å². The molecule has 0 saturated carbocycles. The predicted molar refractivity (Wildman–Crippen MR) is 44.2 cm³/mol. The van der Waals surface area contributed by atoms with Gasteiger partial charge in [-0.1, -0.05) is 11.8 Å². The summed E-state index contributed by atoms with van der Waals surface area (Å²) in [6.07, 6.45) is 0.0119. The Bertz CT molecular complexity index is 195. The quantitative estimate of drug-likeness (QED) is 0.608. The van der Waals surface area contributed by atoms with Crippen molar-refractivity contribution in [2.24, 2.45) is 0 Å². The standard InChI is InChI=1S/C7H10NO3S/c9-3-1-6(10)8-2-4-12-7(11)5-8/h1-5H2. The number of nitrogens with zero attached hydrogens (tertiary/aromatic N) is 1. The molecular weight excluding hydrogens is 178 g/mol. The molecule has 0 bridgehead atoms. The van der Waals surface area contributed by atoms with Crippen LogP contribution in [0, 0.1) is 0 Å². The van der Waals surface area contributed by atoms with Gasteiger partial charge < -0.3 is 4.90 Å². The SMILES string of the molecule is [O]CCC(=O)N1CCSC(=O)C1. The van der Waals surface area contributed by atoms with Crippen molar-refractivity contribution in [1.82, 2.24) is 4.90 Å². The van der Waals surface area contributed by atoms with Gasteiger partial charge in [-0.2, -0.15) is 0 Å². The lowest BCUT2D eigenvalue weighted by molar-refractivity contribution is -0.134. The average Bonchev–Trinajstić information content (AvgIpc) is 2.05. The molecule has 1 amide bonds. The van der Waals surface area contributed by atoms with E-state index in [9.17, 15) is 14.7 Å². The van der Waals surface area contributed by atoms with Gasteiger partial charge in [0, 0.05) is 12.3 Å². The first-order valence-electron chi connectivity index (χ1n) is 3.75. The van der Waals surface area contributed by atoms with E-state index in [0.717, 1.165) is 0 Å². The second kappa shape index (κ2) is 4.47. The van der Waals surface area contributed by atoms with Crippen molar-refractivity contribution < 1.29 is 14.7 Å². The van der Waals surface area contributed by atoms with E-state index in [4.69, 9.17) is 0 Å². The third kappa shape index (κ3) is 2.49. The normalized spacial score (nSPS) is 18.1. The van der Waals surface area contributed by atoms with Gasteiger partial charge in [-0.15, -0.1) is 0 Å². The summed E-state index contributed by atoms with van der Waals surface area (Å²) >= 11 is 1.25. The summed E-state index contributed by atoms with van der Waals surface area (Å²) in [6.45, 7) is 0.370. The third-order valence-electron chi connectivity index (χ3n) is 1.61. The summed E-state index contributed by atoms with van der Waals surface area (Å²) in [7, 11) is 0. The third-order valence-corrected chi connectivity index (χ3v) is 2.45. The molecule has 67 valence electrons. The smallest absolute Gasteiger partial charge is 0.225 e. The van der Waals surface area contributed by atoms with E-state index >= 15 is 0 Å². The summed E-state index contributed by atoms with van der Waals surface area (Å²) in [5.74, 6) is 0.460. The van der Waals surface area contributed by atoms with Crippen LogP contribution >= 0.6 is 11.8 Å². The Morgan fingerprint density at radius 2 is 2.33 bits per heavy atom. The van der Waals surface area contributed by atoms with Gasteiger partial charge in [0.05, 0.1) is 19.6 Å². The number of carbonyl (C=O) groups excluding carboxylic acids is 2. The Kier molecular flexibility index (Phi) is 3.55. The van der Waals surface area contributed by atoms with Gasteiger partial charge in [0.1, 0.15) is 0 Å². The Balaban J connectivity index is 2.40. The molecule has 1 rings (SSSR count). The van der Waals surface area contributed by atoms with Crippen molar-refractivity contribution in [3.8, 4) is 0 Å². The second-order valence-corrected chi connectivity index (χ2v) is 3.64. The Morgan fingerprint density at radius 1 is 1.58 bits per heavy atom. The zero-order valence-corrected chi connectivity index (χ0v) is 7.43. The second-order valence-electron chi connectivity index (χ2n) is 2.49. The lowest BCUT2D eigenvalue weighted by atomic mass is 10.3. The van der Waals surface area contributed by atoms with Crippen LogP contribution in [0.15, 0.2) is 0 Å². The molecule has 1 saturated heterocycles. The van der Waals surface area contributed by atoms with Crippen molar-refractivity contribution in [3.05, 3.63) is 0 Å². The Hall–Kier alpha value is -0.550. The number of thioether (sulfide) groups is 1. The number of carbonyl (C=O) groups is 2. The largest absolute Gasteiger partial charge is 0.334 e. The maximum absolute atomic E-state index is 11.1. The molecule has 1 radical (unpaired) electrons. The highest BCUT2D eigenvalue weighted by atomic mass is 32.2. The molecule has 5 heteroatoms. The molecule has 0 aromatic carbocycles. The number of rotatable bonds is 2. The van der Waals surface area contributed by atoms with E-state index < -0.39 is 6.61 Å². The first-order chi connectivity index (χ1) is 5.74. The van der Waals surface area contributed by atoms with Crippen LogP contribution in [0.5, 0.6) is 0 Å². The fraction of sp³-hybridized carbons (Fsp3) is 0.714. The van der Waals surface area contributed by atoms with Gasteiger partial charge in [0.15, 0.2) is 0 Å². The van der Waals surface area contributed by atoms with Crippen LogP contribution in [0.25, 0.3) is 0 Å². The summed E-state index contributed by atoms with van der Waals surface area (Å²) in [5, 5.41) is 10.1. The molecule has 12 heavy (non-hydrogen) atoms. The maximum atomic E-state index is 11.1. The van der Waals surface area contributed by atoms with Crippen LogP contribution in [0.2, 0.25) is 0 Å². The van der Waals surface area contributed by atoms with Crippen LogP contribution in [0.4, 0.5) is 0 Å². The van der Waals surface area contributed by atoms with Crippen molar-refractivity contribution in [2.75, 3.05) is 25.4 Å². The first-order valence-corrected chi connectivity index (χ1v) is 4.74. The zero-order chi connectivity index (χ0) is 8.97. The average molecular weight is 188 g/mol. The van der Waals surface area contributed by atoms with Crippen LogP contribution in [-0.2, 0) is 14.7 Å². The first kappa shape index (κ1) is 9.54. The molecule has 0 spiro atoms. The molecule has 1 fully saturated rings. The highest BCUT2D eigenvalue weighted by Crippen LogP contribution is 2.11. The van der Waals surface area contributed by atoms with Gasteiger partial charge in [-0.3, -0.25) is 9.59 Å². The predicted octanol–water partition coefficient (Wildman–Crippen LogP) is -0.0910. The van der Waals surface area contributed by atoms with Crippen molar-refractivity contribution in [2.45, 2.75) is 6.42 Å². The minimum absolute atomic E-state index is 0.0119. The van der Waals surface area contributed by atoms with Crippen LogP contribution in [0.3, 0.4) is 0 Å². The van der Waals surface area contributed by atoms with Crippen molar-refractivity contribution >= 4 is 22.8 Å². The number of hydrogen-bond donors (Lipinski definition) is 0. The summed E-state index contributed by atoms with van der Waals surface area (Å²) in [5.41, 5.74) is 0. The van der Waals surface area contributed by atoms with E-state index in [1.807, 2.05) is 0 Å². The van der Waals surface area contributed by atoms with E-state index in [-0.39, 0.29) is 24.0 Å². The number of hydrogen-bond acceptors (Lipinski definition) is 3. The minimum Gasteiger partial charge on any atom is -0.334 e. The van der Waals surface area contributed by atoms with E-state index in [0.29, 0.717) is 12.3 Å². The monoisotopic (exact) mass is 188 g/mol. The van der Waals surface area contributed by atoms with Crippen LogP contribution in [-0.4, -0.2) is 41.4 Å². The maximum Gasteiger partial charge on any atom is 0.225 e. The van der Waals surface area contributed by atoms with E-state index in [2.05, 4.69) is 0 Å². The van der Waals surface area contributed by atoms with E-state index in [1.165, 1.54) is 16.7 Å². The van der Waals surface area contributed by atoms with Crippen molar-refractivity contribution in [1.29, 1.82) is 0 Å². The van der Waals surface area contributed by atoms with Crippen LogP contribution in [0.1, 0.15) is 6.42 Å². The molecule has 1 heterocycles. The van der Waals surface area contributed by atoms with Gasteiger partial charge >= 0.3 is 0 Å². The fourth-order valence-corrected chi connectivity index (χ4v) is 1.79. The van der Waals surface area contributed by atoms with Gasteiger partial charge in [0.25, 0.3) is 0 Å². The minimum atomic E-state index is -0.392. The molecule has 0 N–H and O–H groups in total. The molecule has 1 aliphatic heterocycles. The molecule has 0 aliphatic carbocycles. The van der Waals surface area contributed by atoms with Gasteiger partial charge in [0.2, 0.25) is 11.0 Å². The molecule has 4 nitrogen and oxygen atoms in total. The lowest BCUT2D eigenvalue weighted by Crippen LogP contribution is -2.40.